The van der Waals surface area contributed by atoms with Gasteiger partial charge in [0.25, 0.3) is 10.0 Å². The highest BCUT2D eigenvalue weighted by Crippen LogP contribution is 2.27. The second kappa shape index (κ2) is 14.6. The SMILES string of the molecule is CCC(C(=O)NC1CCCC1)N(Cc1ccc(OC)cc1)C(=O)CN(c1ccc(C(C)C)cc1)S(=O)(=O)c1ccccc1. The van der Waals surface area contributed by atoms with Crippen LogP contribution in [-0.2, 0) is 26.2 Å². The van der Waals surface area contributed by atoms with E-state index in [-0.39, 0.29) is 29.3 Å². The molecule has 1 atom stereocenters. The number of carbonyl (C=O) groups is 2. The lowest BCUT2D eigenvalue weighted by atomic mass is 10.0. The van der Waals surface area contributed by atoms with Crippen molar-refractivity contribution in [3.05, 3.63) is 90.0 Å². The van der Waals surface area contributed by atoms with Crippen molar-refractivity contribution in [3.8, 4) is 5.75 Å². The third kappa shape index (κ3) is 7.96. The van der Waals surface area contributed by atoms with Crippen LogP contribution in [0.2, 0.25) is 0 Å². The maximum atomic E-state index is 14.3. The lowest BCUT2D eigenvalue weighted by molar-refractivity contribution is -0.140. The van der Waals surface area contributed by atoms with Crippen molar-refractivity contribution in [3.63, 3.8) is 0 Å². The van der Waals surface area contributed by atoms with Crippen LogP contribution in [0.15, 0.2) is 83.8 Å². The highest BCUT2D eigenvalue weighted by atomic mass is 32.2. The first-order valence-electron chi connectivity index (χ1n) is 15.0. The summed E-state index contributed by atoms with van der Waals surface area (Å²) in [6.07, 6.45) is 4.36. The topological polar surface area (TPSA) is 96.0 Å². The number of rotatable bonds is 13. The molecule has 1 unspecified atom stereocenters. The summed E-state index contributed by atoms with van der Waals surface area (Å²) < 4.78 is 34.4. The number of methoxy groups -OCH3 is 1. The smallest absolute Gasteiger partial charge is 0.264 e. The molecule has 0 heterocycles. The average Bonchev–Trinajstić information content (AvgIpc) is 3.53. The Balaban J connectivity index is 1.71. The summed E-state index contributed by atoms with van der Waals surface area (Å²) in [7, 11) is -2.52. The summed E-state index contributed by atoms with van der Waals surface area (Å²) in [5.41, 5.74) is 2.25. The van der Waals surface area contributed by atoms with Gasteiger partial charge >= 0.3 is 0 Å². The van der Waals surface area contributed by atoms with Gasteiger partial charge in [-0.3, -0.25) is 13.9 Å². The summed E-state index contributed by atoms with van der Waals surface area (Å²) in [5, 5.41) is 3.14. The Labute approximate surface area is 256 Å². The van der Waals surface area contributed by atoms with E-state index in [2.05, 4.69) is 19.2 Å². The molecule has 1 N–H and O–H groups in total. The summed E-state index contributed by atoms with van der Waals surface area (Å²) in [6, 6.07) is 22.0. The number of ether oxygens (including phenoxy) is 1. The van der Waals surface area contributed by atoms with E-state index in [1.807, 2.05) is 31.2 Å². The van der Waals surface area contributed by atoms with Crippen molar-refractivity contribution in [2.24, 2.45) is 0 Å². The molecule has 0 bridgehead atoms. The van der Waals surface area contributed by atoms with E-state index in [0.717, 1.165) is 41.1 Å². The fourth-order valence-corrected chi connectivity index (χ4v) is 6.92. The number of carbonyl (C=O) groups excluding carboxylic acids is 2. The van der Waals surface area contributed by atoms with Gasteiger partial charge in [-0.15, -0.1) is 0 Å². The van der Waals surface area contributed by atoms with Gasteiger partial charge in [-0.1, -0.05) is 76.1 Å². The molecule has 1 aliphatic rings. The fourth-order valence-electron chi connectivity index (χ4n) is 5.49. The molecule has 230 valence electrons. The molecule has 0 aromatic heterocycles. The van der Waals surface area contributed by atoms with Crippen molar-refractivity contribution in [1.29, 1.82) is 0 Å². The molecule has 1 fully saturated rings. The molecule has 0 saturated heterocycles. The third-order valence-electron chi connectivity index (χ3n) is 8.06. The van der Waals surface area contributed by atoms with E-state index >= 15 is 0 Å². The highest BCUT2D eigenvalue weighted by molar-refractivity contribution is 7.92. The van der Waals surface area contributed by atoms with Crippen LogP contribution in [0.25, 0.3) is 0 Å². The van der Waals surface area contributed by atoms with E-state index < -0.39 is 28.5 Å². The van der Waals surface area contributed by atoms with E-state index in [1.54, 1.807) is 49.6 Å². The van der Waals surface area contributed by atoms with Crippen molar-refractivity contribution in [2.45, 2.75) is 82.3 Å². The normalized spacial score (nSPS) is 14.3. The van der Waals surface area contributed by atoms with Crippen molar-refractivity contribution < 1.29 is 22.7 Å². The largest absolute Gasteiger partial charge is 0.497 e. The van der Waals surface area contributed by atoms with Gasteiger partial charge in [0.15, 0.2) is 0 Å². The van der Waals surface area contributed by atoms with Gasteiger partial charge in [0.2, 0.25) is 11.8 Å². The van der Waals surface area contributed by atoms with Crippen molar-refractivity contribution in [1.82, 2.24) is 10.2 Å². The number of benzene rings is 3. The van der Waals surface area contributed by atoms with Crippen molar-refractivity contribution in [2.75, 3.05) is 18.0 Å². The van der Waals surface area contributed by atoms with Crippen molar-refractivity contribution >= 4 is 27.5 Å². The number of anilines is 1. The Morgan fingerprint density at radius 1 is 0.930 bits per heavy atom. The zero-order valence-electron chi connectivity index (χ0n) is 25.5. The van der Waals surface area contributed by atoms with Crippen LogP contribution in [0.4, 0.5) is 5.69 Å². The number of hydrogen-bond donors (Lipinski definition) is 1. The number of nitrogens with one attached hydrogen (secondary N) is 1. The Morgan fingerprint density at radius 2 is 1.56 bits per heavy atom. The molecule has 1 aliphatic carbocycles. The molecule has 0 aliphatic heterocycles. The minimum Gasteiger partial charge on any atom is -0.497 e. The van der Waals surface area contributed by atoms with Gasteiger partial charge in [-0.05, 0) is 72.7 Å². The van der Waals surface area contributed by atoms with Gasteiger partial charge in [0, 0.05) is 12.6 Å². The molecule has 9 heteroatoms. The van der Waals surface area contributed by atoms with Gasteiger partial charge in [0.05, 0.1) is 17.7 Å². The number of nitrogens with zero attached hydrogens (tertiary/aromatic N) is 2. The minimum atomic E-state index is -4.10. The average molecular weight is 606 g/mol. The molecule has 0 radical (unpaired) electrons. The molecule has 3 aromatic carbocycles. The number of sulfonamides is 1. The summed E-state index contributed by atoms with van der Waals surface area (Å²) in [5.74, 6) is 0.267. The minimum absolute atomic E-state index is 0.0865. The van der Waals surface area contributed by atoms with Crippen LogP contribution in [0, 0.1) is 0 Å². The predicted molar refractivity (Wildman–Crippen MR) is 170 cm³/mol. The third-order valence-corrected chi connectivity index (χ3v) is 9.85. The number of amides is 2. The van der Waals surface area contributed by atoms with Crippen LogP contribution in [0.5, 0.6) is 5.75 Å². The summed E-state index contributed by atoms with van der Waals surface area (Å²) in [4.78, 5) is 29.5. The first-order valence-corrected chi connectivity index (χ1v) is 16.5. The van der Waals surface area contributed by atoms with Gasteiger partial charge in [0.1, 0.15) is 18.3 Å². The molecule has 4 rings (SSSR count). The zero-order valence-corrected chi connectivity index (χ0v) is 26.3. The highest BCUT2D eigenvalue weighted by Gasteiger charge is 2.34. The van der Waals surface area contributed by atoms with E-state index in [1.165, 1.54) is 17.0 Å². The standard InChI is InChI=1S/C34H43N3O5S/c1-5-32(34(39)35-28-11-9-10-12-28)36(23-26-15-21-30(42-4)22-16-26)33(38)24-37(29-19-17-27(18-20-29)25(2)3)43(40,41)31-13-7-6-8-14-31/h6-8,13-22,25,28,32H,5,9-12,23-24H2,1-4H3,(H,35,39). The number of hydrogen-bond acceptors (Lipinski definition) is 5. The molecule has 43 heavy (non-hydrogen) atoms. The van der Waals surface area contributed by atoms with Gasteiger partial charge in [-0.2, -0.15) is 0 Å². The molecule has 3 aromatic rings. The second-order valence-electron chi connectivity index (χ2n) is 11.4. The lowest BCUT2D eigenvalue weighted by Gasteiger charge is -2.34. The molecular weight excluding hydrogens is 562 g/mol. The Hall–Kier alpha value is -3.85. The first-order chi connectivity index (χ1) is 20.6. The second-order valence-corrected chi connectivity index (χ2v) is 13.2. The molecular formula is C34H43N3O5S. The Kier molecular flexibility index (Phi) is 10.9. The molecule has 2 amide bonds. The quantitative estimate of drug-likeness (QED) is 0.263. The monoisotopic (exact) mass is 605 g/mol. The van der Waals surface area contributed by atoms with E-state index in [9.17, 15) is 18.0 Å². The van der Waals surface area contributed by atoms with Crippen LogP contribution in [0.3, 0.4) is 0 Å². The van der Waals surface area contributed by atoms with Gasteiger partial charge < -0.3 is 15.0 Å². The maximum absolute atomic E-state index is 14.3. The van der Waals surface area contributed by atoms with E-state index in [0.29, 0.717) is 17.9 Å². The van der Waals surface area contributed by atoms with Crippen LogP contribution in [0.1, 0.15) is 69.9 Å². The summed E-state index contributed by atoms with van der Waals surface area (Å²) >= 11 is 0. The van der Waals surface area contributed by atoms with Crippen LogP contribution >= 0.6 is 0 Å². The van der Waals surface area contributed by atoms with E-state index in [4.69, 9.17) is 4.74 Å². The van der Waals surface area contributed by atoms with Crippen LogP contribution < -0.4 is 14.4 Å². The Bertz CT molecular complexity index is 1450. The first kappa shape index (κ1) is 32.1. The Morgan fingerprint density at radius 3 is 2.12 bits per heavy atom. The molecule has 1 saturated carbocycles. The fraction of sp³-hybridized carbons (Fsp3) is 0.412. The van der Waals surface area contributed by atoms with Gasteiger partial charge in [-0.25, -0.2) is 8.42 Å². The predicted octanol–water partition coefficient (Wildman–Crippen LogP) is 5.88. The molecule has 0 spiro atoms. The van der Waals surface area contributed by atoms with Crippen LogP contribution in [-0.4, -0.2) is 50.9 Å². The maximum Gasteiger partial charge on any atom is 0.264 e. The zero-order chi connectivity index (χ0) is 31.0. The molecule has 8 nitrogen and oxygen atoms in total. The summed E-state index contributed by atoms with van der Waals surface area (Å²) in [6.45, 7) is 5.69. The lowest BCUT2D eigenvalue weighted by Crippen LogP contribution is -2.53.